The third-order valence-electron chi connectivity index (χ3n) is 4.03. The fourth-order valence-corrected chi connectivity index (χ4v) is 2.84. The average Bonchev–Trinajstić information content (AvgIpc) is 3.00. The summed E-state index contributed by atoms with van der Waals surface area (Å²) in [7, 11) is 0. The minimum atomic E-state index is -1.68. The summed E-state index contributed by atoms with van der Waals surface area (Å²) in [6.45, 7) is 0. The first kappa shape index (κ1) is 24.0. The monoisotopic (exact) mass is 413 g/mol. The molecule has 0 atom stereocenters. The number of nitro groups is 1. The Morgan fingerprint density at radius 2 is 1.64 bits per heavy atom. The number of hydrogen-bond acceptors (Lipinski definition) is 5. The molecule has 2 aromatic carbocycles. The van der Waals surface area contributed by atoms with E-state index in [1.165, 1.54) is 6.07 Å². The third kappa shape index (κ3) is 4.66. The van der Waals surface area contributed by atoms with E-state index in [1.54, 1.807) is 42.5 Å². The van der Waals surface area contributed by atoms with Crippen LogP contribution in [0.4, 0.5) is 5.88 Å². The molecule has 0 aliphatic carbocycles. The molecule has 3 rings (SSSR count). The molecule has 0 bridgehead atoms. The zero-order chi connectivity index (χ0) is 18.8. The SMILES string of the molecule is O.O=C(O)C(Cc1cccc2c(-c3ccccc3)c([N+](=O)[O-])oc12)C(=O)O.[KH]. The van der Waals surface area contributed by atoms with Crippen molar-refractivity contribution in [1.29, 1.82) is 0 Å². The van der Waals surface area contributed by atoms with Gasteiger partial charge in [-0.2, -0.15) is 0 Å². The number of rotatable bonds is 6. The first-order chi connectivity index (χ1) is 12.4. The second-order valence-electron chi connectivity index (χ2n) is 5.63. The van der Waals surface area contributed by atoms with Crippen LogP contribution >= 0.6 is 0 Å². The van der Waals surface area contributed by atoms with Crippen LogP contribution in [0, 0.1) is 16.0 Å². The zero-order valence-electron chi connectivity index (χ0n) is 13.8. The summed E-state index contributed by atoms with van der Waals surface area (Å²) in [4.78, 5) is 33.1. The maximum atomic E-state index is 11.4. The van der Waals surface area contributed by atoms with Crippen LogP contribution in [0.25, 0.3) is 22.1 Å². The first-order valence-corrected chi connectivity index (χ1v) is 7.60. The van der Waals surface area contributed by atoms with E-state index in [0.717, 1.165) is 0 Å². The molecule has 0 aliphatic heterocycles. The molecule has 10 heteroatoms. The summed E-state index contributed by atoms with van der Waals surface area (Å²) in [5.74, 6) is -5.12. The van der Waals surface area contributed by atoms with Gasteiger partial charge in [0.15, 0.2) is 5.92 Å². The van der Waals surface area contributed by atoms with Crippen LogP contribution in [0.1, 0.15) is 5.56 Å². The molecule has 9 nitrogen and oxygen atoms in total. The number of nitrogens with zero attached hydrogens (tertiary/aromatic N) is 1. The van der Waals surface area contributed by atoms with E-state index < -0.39 is 28.7 Å². The molecule has 0 aliphatic rings. The summed E-state index contributed by atoms with van der Waals surface area (Å²) in [5, 5.41) is 30.0. The normalized spacial score (nSPS) is 10.2. The van der Waals surface area contributed by atoms with Gasteiger partial charge in [0, 0.05) is 11.8 Å². The van der Waals surface area contributed by atoms with Crippen molar-refractivity contribution in [3.8, 4) is 11.1 Å². The second-order valence-corrected chi connectivity index (χ2v) is 5.63. The van der Waals surface area contributed by atoms with Crippen molar-refractivity contribution in [2.24, 2.45) is 5.92 Å². The summed E-state index contributed by atoms with van der Waals surface area (Å²) in [6.07, 6.45) is -0.346. The molecular weight excluding hydrogens is 397 g/mol. The van der Waals surface area contributed by atoms with Crippen LogP contribution in [0.5, 0.6) is 0 Å². The van der Waals surface area contributed by atoms with Crippen LogP contribution in [-0.4, -0.2) is 83.9 Å². The molecule has 0 spiro atoms. The molecule has 0 unspecified atom stereocenters. The fraction of sp³-hybridized carbons (Fsp3) is 0.111. The van der Waals surface area contributed by atoms with Crippen LogP contribution in [0.15, 0.2) is 52.9 Å². The molecule has 28 heavy (non-hydrogen) atoms. The van der Waals surface area contributed by atoms with Gasteiger partial charge in [0.05, 0.1) is 0 Å². The van der Waals surface area contributed by atoms with Gasteiger partial charge in [-0.05, 0) is 11.1 Å². The van der Waals surface area contributed by atoms with Gasteiger partial charge >= 0.3 is 69.2 Å². The predicted octanol–water partition coefficient (Wildman–Crippen LogP) is 1.86. The van der Waals surface area contributed by atoms with Crippen molar-refractivity contribution in [2.75, 3.05) is 0 Å². The molecule has 0 saturated carbocycles. The predicted molar refractivity (Wildman–Crippen MR) is 102 cm³/mol. The van der Waals surface area contributed by atoms with Gasteiger partial charge in [0.25, 0.3) is 0 Å². The molecule has 4 N–H and O–H groups in total. The van der Waals surface area contributed by atoms with E-state index in [2.05, 4.69) is 0 Å². The van der Waals surface area contributed by atoms with Crippen molar-refractivity contribution in [3.05, 3.63) is 64.2 Å². The Balaban J connectivity index is 0.00000196. The van der Waals surface area contributed by atoms with E-state index in [9.17, 15) is 19.7 Å². The molecule has 1 heterocycles. The van der Waals surface area contributed by atoms with Gasteiger partial charge in [0.1, 0.15) is 16.1 Å². The van der Waals surface area contributed by atoms with Gasteiger partial charge in [-0.3, -0.25) is 19.7 Å². The van der Waals surface area contributed by atoms with Gasteiger partial charge in [0.2, 0.25) is 0 Å². The van der Waals surface area contributed by atoms with Crippen LogP contribution in [-0.2, 0) is 16.0 Å². The number of fused-ring (bicyclic) bond motifs is 1. The van der Waals surface area contributed by atoms with E-state index in [1.807, 2.05) is 0 Å². The number of hydrogen-bond donors (Lipinski definition) is 2. The standard InChI is InChI=1S/C18H13NO7.K.H2O.H/c20-17(21)13(18(22)23)9-11-7-4-8-12-14(10-5-2-1-3-6-10)16(19(24)25)26-15(11)12;;;/h1-8,13H,9H2,(H,20,21)(H,22,23);;1H2;. The zero-order valence-corrected chi connectivity index (χ0v) is 13.8. The maximum absolute atomic E-state index is 11.4. The van der Waals surface area contributed by atoms with Crippen molar-refractivity contribution < 1.29 is 34.6 Å². The average molecular weight is 413 g/mol. The molecule has 3 aromatic rings. The number of para-hydroxylation sites is 1. The summed E-state index contributed by atoms with van der Waals surface area (Å²) in [6, 6.07) is 13.3. The van der Waals surface area contributed by atoms with Crippen LogP contribution in [0.3, 0.4) is 0 Å². The van der Waals surface area contributed by atoms with Crippen molar-refractivity contribution in [3.63, 3.8) is 0 Å². The van der Waals surface area contributed by atoms with Crippen molar-refractivity contribution >= 4 is 80.2 Å². The number of aliphatic carboxylic acids is 2. The molecule has 0 fully saturated rings. The number of benzene rings is 2. The number of carboxylic acids is 2. The van der Waals surface area contributed by atoms with Gasteiger partial charge in [-0.15, -0.1) is 0 Å². The molecule has 1 aromatic heterocycles. The molecule has 0 amide bonds. The van der Waals surface area contributed by atoms with Crippen LogP contribution < -0.4 is 0 Å². The van der Waals surface area contributed by atoms with Crippen molar-refractivity contribution in [2.45, 2.75) is 6.42 Å². The van der Waals surface area contributed by atoms with Crippen LogP contribution in [0.2, 0.25) is 0 Å². The molecule has 0 radical (unpaired) electrons. The topological polar surface area (TPSA) is 162 Å². The van der Waals surface area contributed by atoms with Gasteiger partial charge in [-0.25, -0.2) is 0 Å². The van der Waals surface area contributed by atoms with E-state index in [4.69, 9.17) is 14.6 Å². The van der Waals surface area contributed by atoms with Gasteiger partial charge in [-0.1, -0.05) is 48.5 Å². The van der Waals surface area contributed by atoms with E-state index >= 15 is 0 Å². The fourth-order valence-electron chi connectivity index (χ4n) is 2.84. The quantitative estimate of drug-likeness (QED) is 0.269. The van der Waals surface area contributed by atoms with Gasteiger partial charge < -0.3 is 20.1 Å². The number of carboxylic acid groups (broad SMARTS) is 2. The summed E-state index contributed by atoms with van der Waals surface area (Å²) < 4.78 is 5.42. The van der Waals surface area contributed by atoms with Crippen molar-refractivity contribution in [1.82, 2.24) is 0 Å². The Morgan fingerprint density at radius 1 is 1.04 bits per heavy atom. The number of carbonyl (C=O) groups is 2. The molecular formula is C18H16KNO8. The molecule has 142 valence electrons. The van der Waals surface area contributed by atoms with E-state index in [-0.39, 0.29) is 80.0 Å². The Hall–Kier alpha value is -2.08. The Labute approximate surface area is 200 Å². The summed E-state index contributed by atoms with van der Waals surface area (Å²) >= 11 is 0. The Bertz CT molecular complexity index is 1000. The second kappa shape index (κ2) is 9.91. The Morgan fingerprint density at radius 3 is 2.18 bits per heavy atom. The molecule has 0 saturated heterocycles. The first-order valence-electron chi connectivity index (χ1n) is 7.60. The van der Waals surface area contributed by atoms with E-state index in [0.29, 0.717) is 10.9 Å². The minimum absolute atomic E-state index is 0. The Kier molecular flexibility index (Phi) is 8.48. The third-order valence-corrected chi connectivity index (χ3v) is 4.03. The summed E-state index contributed by atoms with van der Waals surface area (Å²) in [5.41, 5.74) is 1.24. The number of furan rings is 1.